The van der Waals surface area contributed by atoms with E-state index >= 15 is 0 Å². The van der Waals surface area contributed by atoms with Crippen LogP contribution in [-0.4, -0.2) is 32.6 Å². The van der Waals surface area contributed by atoms with E-state index in [0.29, 0.717) is 22.8 Å². The number of carbonyl (C=O) groups excluding carboxylic acids is 2. The Morgan fingerprint density at radius 3 is 2.50 bits per heavy atom. The van der Waals surface area contributed by atoms with E-state index < -0.39 is 6.10 Å². The number of anilines is 1. The summed E-state index contributed by atoms with van der Waals surface area (Å²) in [5.41, 5.74) is 4.47. The fraction of sp³-hybridized carbons (Fsp3) is 0.200. The first kappa shape index (κ1) is 21.2. The van der Waals surface area contributed by atoms with Crippen molar-refractivity contribution in [2.45, 2.75) is 33.8 Å². The van der Waals surface area contributed by atoms with Crippen molar-refractivity contribution in [3.8, 4) is 11.6 Å². The number of nitrogens with zero attached hydrogens (tertiary/aromatic N) is 3. The highest BCUT2D eigenvalue weighted by molar-refractivity contribution is 5.98. The largest absolute Gasteiger partial charge is 0.464 e. The average molecular weight is 428 g/mol. The molecule has 4 aromatic rings. The molecule has 0 spiro atoms. The molecule has 0 bridgehead atoms. The number of benzene rings is 2. The van der Waals surface area contributed by atoms with Crippen LogP contribution in [0.1, 0.15) is 35.5 Å². The lowest BCUT2D eigenvalue weighted by Gasteiger charge is -2.15. The predicted molar refractivity (Wildman–Crippen MR) is 124 cm³/mol. The second-order valence-corrected chi connectivity index (χ2v) is 7.70. The van der Waals surface area contributed by atoms with Gasteiger partial charge in [-0.1, -0.05) is 30.3 Å². The molecule has 0 radical (unpaired) electrons. The van der Waals surface area contributed by atoms with Crippen LogP contribution in [0.4, 0.5) is 5.69 Å². The van der Waals surface area contributed by atoms with Crippen LogP contribution in [0.3, 0.4) is 0 Å². The molecular weight excluding hydrogens is 404 g/mol. The van der Waals surface area contributed by atoms with Crippen molar-refractivity contribution in [1.29, 1.82) is 0 Å². The van der Waals surface area contributed by atoms with Gasteiger partial charge in [0.2, 0.25) is 5.88 Å². The predicted octanol–water partition coefficient (Wildman–Crippen LogP) is 4.65. The minimum absolute atomic E-state index is 0.0660. The van der Waals surface area contributed by atoms with Gasteiger partial charge in [0, 0.05) is 22.7 Å². The Morgan fingerprint density at radius 1 is 1.03 bits per heavy atom. The maximum absolute atomic E-state index is 12.7. The number of aromatic nitrogens is 3. The summed E-state index contributed by atoms with van der Waals surface area (Å²) in [6.07, 6.45) is -0.797. The van der Waals surface area contributed by atoms with Gasteiger partial charge in [-0.25, -0.2) is 4.68 Å². The van der Waals surface area contributed by atoms with Crippen LogP contribution in [0.15, 0.2) is 60.7 Å². The number of para-hydroxylation sites is 1. The van der Waals surface area contributed by atoms with E-state index in [9.17, 15) is 9.59 Å². The molecule has 0 aliphatic heterocycles. The van der Waals surface area contributed by atoms with Crippen LogP contribution in [-0.2, 0) is 4.79 Å². The van der Waals surface area contributed by atoms with Crippen molar-refractivity contribution >= 4 is 28.4 Å². The van der Waals surface area contributed by atoms with Gasteiger partial charge in [-0.05, 0) is 57.5 Å². The van der Waals surface area contributed by atoms with Gasteiger partial charge in [0.25, 0.3) is 5.91 Å². The monoisotopic (exact) mass is 428 g/mol. The quantitative estimate of drug-likeness (QED) is 0.452. The van der Waals surface area contributed by atoms with Crippen molar-refractivity contribution in [1.82, 2.24) is 14.8 Å². The number of hydrogen-bond donors (Lipinski definition) is 1. The van der Waals surface area contributed by atoms with Gasteiger partial charge >= 0.3 is 0 Å². The fourth-order valence-corrected chi connectivity index (χ4v) is 3.58. The lowest BCUT2D eigenvalue weighted by Crippen LogP contribution is -2.30. The van der Waals surface area contributed by atoms with Gasteiger partial charge in [-0.2, -0.15) is 10.1 Å². The van der Waals surface area contributed by atoms with Crippen LogP contribution in [0, 0.1) is 13.8 Å². The zero-order chi connectivity index (χ0) is 22.8. The second kappa shape index (κ2) is 8.63. The first-order valence-corrected chi connectivity index (χ1v) is 10.3. The summed E-state index contributed by atoms with van der Waals surface area (Å²) in [7, 11) is 0. The number of carbonyl (C=O) groups is 2. The van der Waals surface area contributed by atoms with Crippen molar-refractivity contribution in [3.05, 3.63) is 77.5 Å². The van der Waals surface area contributed by atoms with E-state index in [0.717, 1.165) is 22.3 Å². The highest BCUT2D eigenvalue weighted by atomic mass is 16.5. The summed E-state index contributed by atoms with van der Waals surface area (Å²) in [6.45, 7) is 7.06. The average Bonchev–Trinajstić information content (AvgIpc) is 3.11. The minimum atomic E-state index is -0.797. The second-order valence-electron chi connectivity index (χ2n) is 7.70. The molecule has 0 fully saturated rings. The third-order valence-electron chi connectivity index (χ3n) is 5.19. The molecule has 2 heterocycles. The summed E-state index contributed by atoms with van der Waals surface area (Å²) >= 11 is 0. The topological polar surface area (TPSA) is 86.1 Å². The molecular formula is C25H24N4O3. The van der Waals surface area contributed by atoms with Gasteiger partial charge in [0.1, 0.15) is 0 Å². The van der Waals surface area contributed by atoms with E-state index in [1.54, 1.807) is 35.9 Å². The molecule has 0 saturated heterocycles. The Hall–Kier alpha value is -4.00. The molecule has 4 rings (SSSR count). The van der Waals surface area contributed by atoms with Crippen molar-refractivity contribution < 1.29 is 14.3 Å². The zero-order valence-electron chi connectivity index (χ0n) is 18.4. The lowest BCUT2D eigenvalue weighted by atomic mass is 10.1. The SMILES string of the molecule is CC(=O)c1cccc(NC(=O)[C@@H](C)Oc2cc(C)c3c(C)nn(-c4ccccc4)c3n2)c1. The first-order valence-electron chi connectivity index (χ1n) is 10.3. The highest BCUT2D eigenvalue weighted by Gasteiger charge is 2.19. The number of ketones is 1. The van der Waals surface area contributed by atoms with Crippen molar-refractivity contribution in [2.24, 2.45) is 0 Å². The normalized spacial score (nSPS) is 11.9. The molecule has 1 amide bonds. The summed E-state index contributed by atoms with van der Waals surface area (Å²) < 4.78 is 7.66. The first-order chi connectivity index (χ1) is 15.3. The Bertz CT molecular complexity index is 1310. The number of fused-ring (bicyclic) bond motifs is 1. The summed E-state index contributed by atoms with van der Waals surface area (Å²) in [4.78, 5) is 28.9. The van der Waals surface area contributed by atoms with Gasteiger partial charge < -0.3 is 10.1 Å². The van der Waals surface area contributed by atoms with E-state index in [1.807, 2.05) is 50.2 Å². The van der Waals surface area contributed by atoms with E-state index in [4.69, 9.17) is 4.74 Å². The Labute approximate surface area is 186 Å². The molecule has 1 N–H and O–H groups in total. The fourth-order valence-electron chi connectivity index (χ4n) is 3.58. The summed E-state index contributed by atoms with van der Waals surface area (Å²) in [5.74, 6) is -0.0612. The maximum atomic E-state index is 12.7. The number of nitrogens with one attached hydrogen (secondary N) is 1. The van der Waals surface area contributed by atoms with Crippen molar-refractivity contribution in [2.75, 3.05) is 5.32 Å². The Balaban J connectivity index is 1.59. The number of ether oxygens (including phenoxy) is 1. The minimum Gasteiger partial charge on any atom is -0.464 e. The highest BCUT2D eigenvalue weighted by Crippen LogP contribution is 2.27. The standard InChI is InChI=1S/C25H24N4O3/c1-15-13-22(27-24-23(15)16(2)28-29(24)21-11-6-5-7-12-21)32-18(4)25(31)26-20-10-8-9-19(14-20)17(3)30/h5-14,18H,1-4H3,(H,26,31)/t18-/m1/s1. The molecule has 7 nitrogen and oxygen atoms in total. The Morgan fingerprint density at radius 2 is 1.78 bits per heavy atom. The molecule has 7 heteroatoms. The Kier molecular flexibility index (Phi) is 5.73. The molecule has 0 aliphatic rings. The van der Waals surface area contributed by atoms with Crippen LogP contribution in [0.2, 0.25) is 0 Å². The number of amides is 1. The molecule has 2 aromatic heterocycles. The number of hydrogen-bond acceptors (Lipinski definition) is 5. The van der Waals surface area contributed by atoms with Crippen LogP contribution < -0.4 is 10.1 Å². The number of pyridine rings is 1. The van der Waals surface area contributed by atoms with Gasteiger partial charge in [-0.15, -0.1) is 0 Å². The molecule has 0 saturated carbocycles. The molecule has 0 unspecified atom stereocenters. The molecule has 32 heavy (non-hydrogen) atoms. The van der Waals surface area contributed by atoms with Crippen LogP contribution in [0.5, 0.6) is 5.88 Å². The summed E-state index contributed by atoms with van der Waals surface area (Å²) in [6, 6.07) is 18.4. The third-order valence-corrected chi connectivity index (χ3v) is 5.19. The van der Waals surface area contributed by atoms with Crippen LogP contribution in [0.25, 0.3) is 16.7 Å². The van der Waals surface area contributed by atoms with Gasteiger partial charge in [0.15, 0.2) is 17.5 Å². The third kappa shape index (κ3) is 4.23. The summed E-state index contributed by atoms with van der Waals surface area (Å²) in [5, 5.41) is 8.39. The lowest BCUT2D eigenvalue weighted by molar-refractivity contribution is -0.122. The van der Waals surface area contributed by atoms with E-state index in [1.165, 1.54) is 6.92 Å². The molecule has 0 aliphatic carbocycles. The molecule has 2 aromatic carbocycles. The number of aryl methyl sites for hydroxylation is 2. The van der Waals surface area contributed by atoms with E-state index in [2.05, 4.69) is 15.4 Å². The van der Waals surface area contributed by atoms with Gasteiger partial charge in [-0.3, -0.25) is 9.59 Å². The molecule has 1 atom stereocenters. The number of Topliss-reactive ketones (excluding diaryl/α,β-unsaturated/α-hetero) is 1. The number of rotatable bonds is 6. The van der Waals surface area contributed by atoms with E-state index in [-0.39, 0.29) is 11.7 Å². The smallest absolute Gasteiger partial charge is 0.265 e. The zero-order valence-corrected chi connectivity index (χ0v) is 18.4. The maximum Gasteiger partial charge on any atom is 0.265 e. The van der Waals surface area contributed by atoms with Crippen molar-refractivity contribution in [3.63, 3.8) is 0 Å². The molecule has 162 valence electrons. The van der Waals surface area contributed by atoms with Gasteiger partial charge in [0.05, 0.1) is 11.4 Å². The van der Waals surface area contributed by atoms with Crippen LogP contribution >= 0.6 is 0 Å².